The smallest absolute Gasteiger partial charge is 0.223 e. The molecule has 3 rings (SSSR count). The third-order valence-electron chi connectivity index (χ3n) is 4.83. The van der Waals surface area contributed by atoms with E-state index in [1.165, 1.54) is 0 Å². The van der Waals surface area contributed by atoms with Crippen LogP contribution in [-0.4, -0.2) is 21.8 Å². The quantitative estimate of drug-likeness (QED) is 0.835. The molecular formula is C20H24N4O2. The minimum atomic E-state index is -0.0129. The number of hydrogen-bond acceptors (Lipinski definition) is 4. The zero-order valence-electron chi connectivity index (χ0n) is 14.7. The van der Waals surface area contributed by atoms with Gasteiger partial charge in [-0.1, -0.05) is 12.1 Å². The molecule has 26 heavy (non-hydrogen) atoms. The van der Waals surface area contributed by atoms with Crippen LogP contribution in [0.15, 0.2) is 48.9 Å². The van der Waals surface area contributed by atoms with E-state index < -0.39 is 0 Å². The van der Waals surface area contributed by atoms with E-state index in [4.69, 9.17) is 0 Å². The van der Waals surface area contributed by atoms with Gasteiger partial charge in [-0.05, 0) is 49.4 Å². The van der Waals surface area contributed by atoms with E-state index in [0.717, 1.165) is 36.9 Å². The van der Waals surface area contributed by atoms with Gasteiger partial charge in [-0.3, -0.25) is 19.6 Å². The summed E-state index contributed by atoms with van der Waals surface area (Å²) < 4.78 is 0. The lowest BCUT2D eigenvalue weighted by Crippen LogP contribution is -2.37. The van der Waals surface area contributed by atoms with Crippen LogP contribution in [0.5, 0.6) is 0 Å². The zero-order valence-corrected chi connectivity index (χ0v) is 14.7. The highest BCUT2D eigenvalue weighted by Crippen LogP contribution is 2.29. The Kier molecular flexibility index (Phi) is 6.30. The van der Waals surface area contributed by atoms with Crippen LogP contribution in [0.25, 0.3) is 0 Å². The molecule has 6 nitrogen and oxygen atoms in total. The van der Waals surface area contributed by atoms with Gasteiger partial charge in [0.05, 0.1) is 12.2 Å². The normalized spacial score (nSPS) is 19.5. The molecule has 2 amide bonds. The fourth-order valence-corrected chi connectivity index (χ4v) is 3.28. The number of hydrogen-bond donors (Lipinski definition) is 2. The summed E-state index contributed by atoms with van der Waals surface area (Å²) in [6, 6.07) is 9.45. The third kappa shape index (κ3) is 5.12. The molecule has 0 spiro atoms. The van der Waals surface area contributed by atoms with E-state index in [0.29, 0.717) is 13.1 Å². The highest BCUT2D eigenvalue weighted by Gasteiger charge is 2.29. The maximum absolute atomic E-state index is 12.3. The lowest BCUT2D eigenvalue weighted by Gasteiger charge is -2.27. The van der Waals surface area contributed by atoms with Crippen LogP contribution < -0.4 is 10.6 Å². The monoisotopic (exact) mass is 352 g/mol. The lowest BCUT2D eigenvalue weighted by atomic mass is 9.81. The number of carbonyl (C=O) groups is 2. The number of aromatic nitrogens is 2. The molecule has 0 aliphatic heterocycles. The second kappa shape index (κ2) is 9.08. The fourth-order valence-electron chi connectivity index (χ4n) is 3.28. The van der Waals surface area contributed by atoms with Gasteiger partial charge in [0.2, 0.25) is 11.8 Å². The molecular weight excluding hydrogens is 328 g/mol. The number of pyridine rings is 2. The van der Waals surface area contributed by atoms with Gasteiger partial charge in [0.25, 0.3) is 0 Å². The highest BCUT2D eigenvalue weighted by atomic mass is 16.2. The predicted octanol–water partition coefficient (Wildman–Crippen LogP) is 2.22. The number of carbonyl (C=O) groups excluding carboxylic acids is 2. The number of nitrogens with one attached hydrogen (secondary N) is 2. The van der Waals surface area contributed by atoms with Crippen LogP contribution in [0.1, 0.15) is 36.9 Å². The first kappa shape index (κ1) is 18.0. The average Bonchev–Trinajstić information content (AvgIpc) is 2.72. The number of nitrogens with zero attached hydrogens (tertiary/aromatic N) is 2. The molecule has 2 heterocycles. The van der Waals surface area contributed by atoms with Crippen LogP contribution in [-0.2, 0) is 22.7 Å². The summed E-state index contributed by atoms with van der Waals surface area (Å²) in [6.07, 6.45) is 8.19. The number of rotatable bonds is 6. The molecule has 0 unspecified atom stereocenters. The van der Waals surface area contributed by atoms with E-state index in [9.17, 15) is 9.59 Å². The minimum absolute atomic E-state index is 0.00786. The summed E-state index contributed by atoms with van der Waals surface area (Å²) in [5.41, 5.74) is 1.84. The predicted molar refractivity (Wildman–Crippen MR) is 97.6 cm³/mol. The van der Waals surface area contributed by atoms with E-state index >= 15 is 0 Å². The highest BCUT2D eigenvalue weighted by molar-refractivity contribution is 5.81. The van der Waals surface area contributed by atoms with Crippen molar-refractivity contribution in [2.75, 3.05) is 0 Å². The van der Waals surface area contributed by atoms with Crippen molar-refractivity contribution in [2.45, 2.75) is 38.8 Å². The standard InChI is InChI=1S/C20H24N4O2/c25-19(23-13-15-4-3-10-21-12-15)16-6-8-17(9-7-16)20(26)24-14-18-5-1-2-11-22-18/h1-5,10-12,16-17H,6-9,13-14H2,(H,23,25)(H,24,26). The summed E-state index contributed by atoms with van der Waals surface area (Å²) in [5.74, 6) is 0.110. The summed E-state index contributed by atoms with van der Waals surface area (Å²) in [5, 5.41) is 5.92. The summed E-state index contributed by atoms with van der Waals surface area (Å²) in [6.45, 7) is 0.947. The first-order valence-corrected chi connectivity index (χ1v) is 9.06. The molecule has 0 aromatic carbocycles. The molecule has 0 bridgehead atoms. The van der Waals surface area contributed by atoms with Gasteiger partial charge in [0.1, 0.15) is 0 Å². The fraction of sp³-hybridized carbons (Fsp3) is 0.400. The molecule has 1 aliphatic rings. The third-order valence-corrected chi connectivity index (χ3v) is 4.83. The Bertz CT molecular complexity index is 650. The zero-order chi connectivity index (χ0) is 18.2. The Labute approximate surface area is 153 Å². The van der Waals surface area contributed by atoms with E-state index in [-0.39, 0.29) is 23.7 Å². The Morgan fingerprint density at radius 3 is 2.15 bits per heavy atom. The lowest BCUT2D eigenvalue weighted by molar-refractivity contribution is -0.130. The van der Waals surface area contributed by atoms with E-state index in [2.05, 4.69) is 20.6 Å². The average molecular weight is 352 g/mol. The molecule has 6 heteroatoms. The summed E-state index contributed by atoms with van der Waals surface area (Å²) >= 11 is 0. The van der Waals surface area contributed by atoms with Crippen LogP contribution in [0.3, 0.4) is 0 Å². The number of amides is 2. The molecule has 2 N–H and O–H groups in total. The largest absolute Gasteiger partial charge is 0.352 e. The van der Waals surface area contributed by atoms with Crippen molar-refractivity contribution in [1.29, 1.82) is 0 Å². The minimum Gasteiger partial charge on any atom is -0.352 e. The van der Waals surface area contributed by atoms with Crippen LogP contribution in [0, 0.1) is 11.8 Å². The van der Waals surface area contributed by atoms with Crippen molar-refractivity contribution in [3.63, 3.8) is 0 Å². The van der Waals surface area contributed by atoms with Crippen molar-refractivity contribution in [3.05, 3.63) is 60.2 Å². The van der Waals surface area contributed by atoms with Crippen molar-refractivity contribution in [1.82, 2.24) is 20.6 Å². The van der Waals surface area contributed by atoms with Crippen LogP contribution in [0.2, 0.25) is 0 Å². The van der Waals surface area contributed by atoms with Gasteiger partial charge in [0.15, 0.2) is 0 Å². The SMILES string of the molecule is O=C(NCc1cccnc1)C1CCC(C(=O)NCc2ccccn2)CC1. The molecule has 2 aromatic heterocycles. The Balaban J connectivity index is 1.39. The molecule has 1 aliphatic carbocycles. The molecule has 136 valence electrons. The van der Waals surface area contributed by atoms with Gasteiger partial charge >= 0.3 is 0 Å². The summed E-state index contributed by atoms with van der Waals surface area (Å²) in [4.78, 5) is 32.9. The summed E-state index contributed by atoms with van der Waals surface area (Å²) in [7, 11) is 0. The van der Waals surface area contributed by atoms with Gasteiger partial charge in [-0.25, -0.2) is 0 Å². The first-order valence-electron chi connectivity index (χ1n) is 9.06. The Morgan fingerprint density at radius 1 is 0.885 bits per heavy atom. The molecule has 1 fully saturated rings. The Morgan fingerprint density at radius 2 is 1.58 bits per heavy atom. The van der Waals surface area contributed by atoms with Crippen molar-refractivity contribution in [2.24, 2.45) is 11.8 Å². The van der Waals surface area contributed by atoms with E-state index in [1.807, 2.05) is 30.3 Å². The van der Waals surface area contributed by atoms with Crippen molar-refractivity contribution < 1.29 is 9.59 Å². The molecule has 0 saturated heterocycles. The molecule has 0 radical (unpaired) electrons. The first-order chi connectivity index (χ1) is 12.7. The van der Waals surface area contributed by atoms with Gasteiger partial charge in [0, 0.05) is 37.0 Å². The van der Waals surface area contributed by atoms with Gasteiger partial charge in [-0.15, -0.1) is 0 Å². The van der Waals surface area contributed by atoms with Crippen LogP contribution >= 0.6 is 0 Å². The molecule has 1 saturated carbocycles. The Hall–Kier alpha value is -2.76. The van der Waals surface area contributed by atoms with Crippen molar-refractivity contribution >= 4 is 11.8 Å². The van der Waals surface area contributed by atoms with E-state index in [1.54, 1.807) is 18.6 Å². The second-order valence-corrected chi connectivity index (χ2v) is 6.67. The molecule has 2 aromatic rings. The maximum atomic E-state index is 12.3. The van der Waals surface area contributed by atoms with Crippen LogP contribution in [0.4, 0.5) is 0 Å². The maximum Gasteiger partial charge on any atom is 0.223 e. The second-order valence-electron chi connectivity index (χ2n) is 6.67. The van der Waals surface area contributed by atoms with Gasteiger partial charge < -0.3 is 10.6 Å². The van der Waals surface area contributed by atoms with Gasteiger partial charge in [-0.2, -0.15) is 0 Å². The molecule has 0 atom stereocenters. The topological polar surface area (TPSA) is 84.0 Å². The van der Waals surface area contributed by atoms with Crippen molar-refractivity contribution in [3.8, 4) is 0 Å².